The zero-order valence-electron chi connectivity index (χ0n) is 22.6. The average molecular weight is 504 g/mol. The van der Waals surface area contributed by atoms with Crippen molar-refractivity contribution in [3.8, 4) is 11.3 Å². The van der Waals surface area contributed by atoms with Crippen LogP contribution in [0.25, 0.3) is 11.3 Å². The Morgan fingerprint density at radius 1 is 0.943 bits per heavy atom. The molecule has 0 unspecified atom stereocenters. The molecule has 2 rings (SSSR count). The second-order valence-electron chi connectivity index (χ2n) is 10.6. The number of benzene rings is 1. The molecule has 1 aromatic carbocycles. The highest BCUT2D eigenvalue weighted by Crippen LogP contribution is 2.35. The fourth-order valence-electron chi connectivity index (χ4n) is 3.71. The van der Waals surface area contributed by atoms with Gasteiger partial charge in [0.25, 0.3) is 0 Å². The molecule has 0 atom stereocenters. The Balaban J connectivity index is 2.80. The molecule has 0 N–H and O–H groups in total. The molecule has 2 amide bonds. The van der Waals surface area contributed by atoms with Crippen molar-refractivity contribution >= 4 is 29.7 Å². The summed E-state index contributed by atoms with van der Waals surface area (Å²) in [7, 11) is 0. The van der Waals surface area contributed by atoms with E-state index in [0.29, 0.717) is 17.0 Å². The van der Waals surface area contributed by atoms with Gasteiger partial charge in [0.15, 0.2) is 0 Å². The molecular weight excluding hydrogens is 466 g/mol. The third-order valence-corrected chi connectivity index (χ3v) is 5.50. The van der Waals surface area contributed by atoms with Crippen LogP contribution in [0.2, 0.25) is 5.15 Å². The first-order chi connectivity index (χ1) is 16.1. The maximum absolute atomic E-state index is 13.2. The molecule has 0 saturated heterocycles. The Kier molecular flexibility index (Phi) is 8.93. The van der Waals surface area contributed by atoms with Crippen LogP contribution in [0, 0.1) is 13.8 Å². The number of nitrogens with zero attached hydrogens (tertiary/aromatic N) is 3. The number of hydrogen-bond donors (Lipinski definition) is 0. The van der Waals surface area contributed by atoms with E-state index in [1.807, 2.05) is 13.8 Å². The number of halogens is 1. The minimum Gasteiger partial charge on any atom is -0.443 e. The van der Waals surface area contributed by atoms with E-state index in [0.717, 1.165) is 35.1 Å². The second-order valence-corrected chi connectivity index (χ2v) is 10.9. The number of aromatic nitrogens is 2. The monoisotopic (exact) mass is 503 g/mol. The summed E-state index contributed by atoms with van der Waals surface area (Å²) in [6, 6.07) is 4.18. The van der Waals surface area contributed by atoms with Gasteiger partial charge in [0.2, 0.25) is 5.95 Å². The Hall–Kier alpha value is -2.67. The molecule has 0 radical (unpaired) electrons. The van der Waals surface area contributed by atoms with Gasteiger partial charge in [-0.2, -0.15) is 4.98 Å². The van der Waals surface area contributed by atoms with Gasteiger partial charge in [0.05, 0.1) is 5.69 Å². The summed E-state index contributed by atoms with van der Waals surface area (Å²) >= 11 is 6.63. The number of amides is 2. The van der Waals surface area contributed by atoms with Crippen molar-refractivity contribution in [1.82, 2.24) is 9.97 Å². The summed E-state index contributed by atoms with van der Waals surface area (Å²) in [6.07, 6.45) is 0.626. The van der Waals surface area contributed by atoms with Gasteiger partial charge < -0.3 is 9.47 Å². The standard InChI is InChI=1S/C27H38ClN3O4/c1-11-13-18-15-14-16(3)20(17(18)4)21-19(12-2)22(28)30-23(29-21)31(24(32)34-26(5,6)7)25(33)35-27(8,9)10/h14-15H,11-13H2,1-10H3. The molecule has 1 aromatic heterocycles. The van der Waals surface area contributed by atoms with E-state index in [-0.39, 0.29) is 11.1 Å². The Morgan fingerprint density at radius 3 is 1.94 bits per heavy atom. The number of anilines is 1. The molecular formula is C27H38ClN3O4. The van der Waals surface area contributed by atoms with Gasteiger partial charge in [-0.05, 0) is 84.9 Å². The Labute approximate surface area is 214 Å². The molecule has 0 aliphatic carbocycles. The quantitative estimate of drug-likeness (QED) is 0.390. The minimum atomic E-state index is -0.939. The molecule has 0 aliphatic rings. The molecule has 0 fully saturated rings. The lowest BCUT2D eigenvalue weighted by Gasteiger charge is -2.28. The predicted octanol–water partition coefficient (Wildman–Crippen LogP) is 7.61. The average Bonchev–Trinajstić information content (AvgIpc) is 2.67. The fraction of sp³-hybridized carbons (Fsp3) is 0.556. The van der Waals surface area contributed by atoms with Crippen molar-refractivity contribution in [2.24, 2.45) is 0 Å². The van der Waals surface area contributed by atoms with E-state index in [9.17, 15) is 9.59 Å². The van der Waals surface area contributed by atoms with Gasteiger partial charge in [-0.1, -0.05) is 44.0 Å². The third kappa shape index (κ3) is 7.17. The lowest BCUT2D eigenvalue weighted by molar-refractivity contribution is 0.0427. The lowest BCUT2D eigenvalue weighted by Crippen LogP contribution is -2.44. The zero-order valence-corrected chi connectivity index (χ0v) is 23.4. The first kappa shape index (κ1) is 28.6. The van der Waals surface area contributed by atoms with Crippen molar-refractivity contribution in [2.75, 3.05) is 4.90 Å². The van der Waals surface area contributed by atoms with Gasteiger partial charge in [0.1, 0.15) is 16.4 Å². The van der Waals surface area contributed by atoms with Gasteiger partial charge in [-0.15, -0.1) is 4.90 Å². The minimum absolute atomic E-state index is 0.171. The van der Waals surface area contributed by atoms with E-state index in [1.165, 1.54) is 5.56 Å². The molecule has 0 saturated carbocycles. The summed E-state index contributed by atoms with van der Waals surface area (Å²) in [5, 5.41) is 0.171. The van der Waals surface area contributed by atoms with Crippen LogP contribution >= 0.6 is 11.6 Å². The molecule has 2 aromatic rings. The van der Waals surface area contributed by atoms with Crippen molar-refractivity contribution in [3.05, 3.63) is 39.5 Å². The maximum atomic E-state index is 13.2. The molecule has 0 aliphatic heterocycles. The molecule has 192 valence electrons. The number of carbonyl (C=O) groups is 2. The summed E-state index contributed by atoms with van der Waals surface area (Å²) in [5.74, 6) is -0.189. The van der Waals surface area contributed by atoms with E-state index >= 15 is 0 Å². The summed E-state index contributed by atoms with van der Waals surface area (Å²) in [4.78, 5) is 36.1. The highest BCUT2D eigenvalue weighted by molar-refractivity contribution is 6.30. The molecule has 0 bridgehead atoms. The Bertz CT molecular complexity index is 1070. The number of rotatable bonds is 5. The highest BCUT2D eigenvalue weighted by atomic mass is 35.5. The van der Waals surface area contributed by atoms with Gasteiger partial charge in [0, 0.05) is 11.1 Å². The van der Waals surface area contributed by atoms with Gasteiger partial charge >= 0.3 is 12.2 Å². The summed E-state index contributed by atoms with van der Waals surface area (Å²) in [6.45, 7) is 18.4. The third-order valence-electron chi connectivity index (χ3n) is 5.19. The van der Waals surface area contributed by atoms with Crippen molar-refractivity contribution in [1.29, 1.82) is 0 Å². The normalized spacial score (nSPS) is 11.9. The topological polar surface area (TPSA) is 81.6 Å². The van der Waals surface area contributed by atoms with Crippen molar-refractivity contribution < 1.29 is 19.1 Å². The van der Waals surface area contributed by atoms with Crippen LogP contribution < -0.4 is 4.90 Å². The maximum Gasteiger partial charge on any atom is 0.427 e. The summed E-state index contributed by atoms with van der Waals surface area (Å²) in [5.41, 5.74) is 3.86. The van der Waals surface area contributed by atoms with E-state index in [4.69, 9.17) is 26.1 Å². The molecule has 8 heteroatoms. The van der Waals surface area contributed by atoms with Crippen LogP contribution in [0.3, 0.4) is 0 Å². The van der Waals surface area contributed by atoms with Crippen LogP contribution in [0.15, 0.2) is 12.1 Å². The molecule has 35 heavy (non-hydrogen) atoms. The molecule has 1 heterocycles. The number of imide groups is 1. The fourth-order valence-corrected chi connectivity index (χ4v) is 4.01. The molecule has 7 nitrogen and oxygen atoms in total. The van der Waals surface area contributed by atoms with E-state index < -0.39 is 23.4 Å². The first-order valence-corrected chi connectivity index (χ1v) is 12.4. The highest BCUT2D eigenvalue weighted by Gasteiger charge is 2.35. The number of hydrogen-bond acceptors (Lipinski definition) is 6. The first-order valence-electron chi connectivity index (χ1n) is 12.0. The lowest BCUT2D eigenvalue weighted by atomic mass is 9.91. The SMILES string of the molecule is CCCc1ccc(C)c(-c2nc(N(C(=O)OC(C)(C)C)C(=O)OC(C)(C)C)nc(Cl)c2CC)c1C. The van der Waals surface area contributed by atoms with Gasteiger partial charge in [-0.25, -0.2) is 14.6 Å². The zero-order chi connectivity index (χ0) is 26.7. The molecule has 0 spiro atoms. The number of ether oxygens (including phenoxy) is 2. The number of aryl methyl sites for hydroxylation is 2. The largest absolute Gasteiger partial charge is 0.443 e. The summed E-state index contributed by atoms with van der Waals surface area (Å²) < 4.78 is 11.0. The predicted molar refractivity (Wildman–Crippen MR) is 140 cm³/mol. The smallest absolute Gasteiger partial charge is 0.427 e. The van der Waals surface area contributed by atoms with Crippen LogP contribution in [-0.4, -0.2) is 33.4 Å². The second kappa shape index (κ2) is 10.9. The van der Waals surface area contributed by atoms with Gasteiger partial charge in [-0.3, -0.25) is 0 Å². The van der Waals surface area contributed by atoms with Crippen LogP contribution in [-0.2, 0) is 22.3 Å². The van der Waals surface area contributed by atoms with Crippen LogP contribution in [0.5, 0.6) is 0 Å². The van der Waals surface area contributed by atoms with E-state index in [2.05, 4.69) is 31.0 Å². The van der Waals surface area contributed by atoms with Crippen molar-refractivity contribution in [3.63, 3.8) is 0 Å². The van der Waals surface area contributed by atoms with E-state index in [1.54, 1.807) is 41.5 Å². The van der Waals surface area contributed by atoms with Crippen molar-refractivity contribution in [2.45, 2.75) is 99.7 Å². The van der Waals surface area contributed by atoms with Crippen LogP contribution in [0.4, 0.5) is 15.5 Å². The Morgan fingerprint density at radius 2 is 1.49 bits per heavy atom. The number of carbonyl (C=O) groups excluding carboxylic acids is 2. The van der Waals surface area contributed by atoms with Crippen LogP contribution in [0.1, 0.15) is 84.1 Å².